The fourth-order valence-electron chi connectivity index (χ4n) is 5.06. The molecule has 1 aliphatic heterocycles. The van der Waals surface area contributed by atoms with E-state index in [0.717, 1.165) is 12.8 Å². The van der Waals surface area contributed by atoms with Crippen LogP contribution in [0.25, 0.3) is 0 Å². The molecule has 3 rings (SSSR count). The molecule has 1 atom stereocenters. The summed E-state index contributed by atoms with van der Waals surface area (Å²) in [6.07, 6.45) is 11.0. The summed E-state index contributed by atoms with van der Waals surface area (Å²) < 4.78 is 10.2. The number of allylic oxidation sites excluding steroid dienone is 1. The van der Waals surface area contributed by atoms with Gasteiger partial charge in [0, 0.05) is 5.69 Å². The summed E-state index contributed by atoms with van der Waals surface area (Å²) in [5.41, 5.74) is 9.01. The van der Waals surface area contributed by atoms with Gasteiger partial charge in [0.2, 0.25) is 0 Å². The molecular formula is C32H39N3O4. The zero-order valence-corrected chi connectivity index (χ0v) is 23.2. The van der Waals surface area contributed by atoms with Gasteiger partial charge in [-0.05, 0) is 36.1 Å². The molecule has 0 aliphatic carbocycles. The number of hydrogen-bond acceptors (Lipinski definition) is 7. The van der Waals surface area contributed by atoms with E-state index in [1.54, 1.807) is 24.3 Å². The van der Waals surface area contributed by atoms with Crippen LogP contribution in [-0.4, -0.2) is 26.2 Å². The summed E-state index contributed by atoms with van der Waals surface area (Å²) in [6.45, 7) is 2.23. The molecule has 206 valence electrons. The first-order chi connectivity index (χ1) is 19.0. The Balaban J connectivity index is 1.92. The van der Waals surface area contributed by atoms with Crippen molar-refractivity contribution in [3.63, 3.8) is 0 Å². The van der Waals surface area contributed by atoms with Gasteiger partial charge in [-0.2, -0.15) is 5.26 Å². The molecule has 2 N–H and O–H groups in total. The number of unbranched alkanes of at least 4 members (excludes halogenated alkanes) is 7. The van der Waals surface area contributed by atoms with Crippen LogP contribution < -0.4 is 10.6 Å². The summed E-state index contributed by atoms with van der Waals surface area (Å²) in [5, 5.41) is 10.2. The number of benzene rings is 2. The quantitative estimate of drug-likeness (QED) is 0.241. The van der Waals surface area contributed by atoms with E-state index in [2.05, 4.69) is 13.0 Å². The van der Waals surface area contributed by atoms with Gasteiger partial charge in [-0.15, -0.1) is 0 Å². The van der Waals surface area contributed by atoms with E-state index in [0.29, 0.717) is 11.3 Å². The maximum absolute atomic E-state index is 13.2. The molecule has 1 unspecified atom stereocenters. The second kappa shape index (κ2) is 14.8. The predicted octanol–water partition coefficient (Wildman–Crippen LogP) is 6.27. The van der Waals surface area contributed by atoms with Gasteiger partial charge in [0.25, 0.3) is 0 Å². The van der Waals surface area contributed by atoms with E-state index >= 15 is 0 Å². The number of anilines is 1. The summed E-state index contributed by atoms with van der Waals surface area (Å²) in [4.78, 5) is 27.7. The van der Waals surface area contributed by atoms with E-state index in [1.807, 2.05) is 30.3 Å². The molecule has 2 aromatic rings. The standard InChI is InChI=1S/C32H39N3O4/c1-4-5-6-7-8-9-10-12-15-23-18-20-25(21-19-23)35-29(32(37)39-3)28(31(36)38-2)27(26(22-33)30(35)34)24-16-13-11-14-17-24/h11,13-14,16-21,27H,4-10,12,15,34H2,1-3H3. The molecule has 0 amide bonds. The van der Waals surface area contributed by atoms with E-state index < -0.39 is 17.9 Å². The molecule has 39 heavy (non-hydrogen) atoms. The summed E-state index contributed by atoms with van der Waals surface area (Å²) >= 11 is 0. The van der Waals surface area contributed by atoms with Crippen LogP contribution in [0.3, 0.4) is 0 Å². The van der Waals surface area contributed by atoms with Crippen LogP contribution in [-0.2, 0) is 25.5 Å². The third-order valence-electron chi connectivity index (χ3n) is 7.12. The molecule has 0 spiro atoms. The summed E-state index contributed by atoms with van der Waals surface area (Å²) in [7, 11) is 2.48. The fraction of sp³-hybridized carbons (Fsp3) is 0.406. The number of carbonyl (C=O) groups excluding carboxylic acids is 2. The van der Waals surface area contributed by atoms with Gasteiger partial charge in [0.1, 0.15) is 11.5 Å². The first-order valence-corrected chi connectivity index (χ1v) is 13.7. The van der Waals surface area contributed by atoms with Gasteiger partial charge >= 0.3 is 11.9 Å². The number of esters is 2. The van der Waals surface area contributed by atoms with E-state index in [1.165, 1.54) is 69.6 Å². The van der Waals surface area contributed by atoms with E-state index in [9.17, 15) is 14.9 Å². The molecule has 1 heterocycles. The van der Waals surface area contributed by atoms with Crippen molar-refractivity contribution < 1.29 is 19.1 Å². The lowest BCUT2D eigenvalue weighted by molar-refractivity contribution is -0.139. The monoisotopic (exact) mass is 529 g/mol. The number of rotatable bonds is 13. The number of hydrogen-bond donors (Lipinski definition) is 1. The lowest BCUT2D eigenvalue weighted by atomic mass is 9.81. The van der Waals surface area contributed by atoms with Gasteiger partial charge < -0.3 is 15.2 Å². The molecule has 7 nitrogen and oxygen atoms in total. The second-order valence-electron chi connectivity index (χ2n) is 9.73. The van der Waals surface area contributed by atoms with Crippen LogP contribution in [0, 0.1) is 11.3 Å². The average molecular weight is 530 g/mol. The molecule has 0 fully saturated rings. The van der Waals surface area contributed by atoms with Crippen LogP contribution in [0.5, 0.6) is 0 Å². The Morgan fingerprint density at radius 2 is 1.46 bits per heavy atom. The topological polar surface area (TPSA) is 106 Å². The van der Waals surface area contributed by atoms with Crippen molar-refractivity contribution in [3.8, 4) is 6.07 Å². The van der Waals surface area contributed by atoms with Crippen molar-refractivity contribution in [2.45, 2.75) is 70.6 Å². The molecule has 0 radical (unpaired) electrons. The molecule has 0 saturated carbocycles. The van der Waals surface area contributed by atoms with Crippen molar-refractivity contribution in [1.82, 2.24) is 0 Å². The lowest BCUT2D eigenvalue weighted by Gasteiger charge is -2.36. The van der Waals surface area contributed by atoms with Gasteiger partial charge in [0.15, 0.2) is 0 Å². The fourth-order valence-corrected chi connectivity index (χ4v) is 5.06. The minimum Gasteiger partial charge on any atom is -0.466 e. The normalized spacial score (nSPS) is 15.2. The van der Waals surface area contributed by atoms with Crippen molar-refractivity contribution >= 4 is 17.6 Å². The van der Waals surface area contributed by atoms with E-state index in [-0.39, 0.29) is 22.7 Å². The van der Waals surface area contributed by atoms with Crippen LogP contribution in [0.15, 0.2) is 77.3 Å². The van der Waals surface area contributed by atoms with Crippen LogP contribution in [0.2, 0.25) is 0 Å². The highest BCUT2D eigenvalue weighted by molar-refractivity contribution is 6.06. The second-order valence-corrected chi connectivity index (χ2v) is 9.73. The number of ether oxygens (including phenoxy) is 2. The number of aryl methyl sites for hydroxylation is 1. The SMILES string of the molecule is CCCCCCCCCCc1ccc(N2C(N)=C(C#N)C(c3ccccc3)C(C(=O)OC)=C2C(=O)OC)cc1. The summed E-state index contributed by atoms with van der Waals surface area (Å²) in [5.74, 6) is -2.30. The Labute approximate surface area is 231 Å². The van der Waals surface area contributed by atoms with Gasteiger partial charge in [0.05, 0.1) is 37.4 Å². The third-order valence-corrected chi connectivity index (χ3v) is 7.12. The molecular weight excluding hydrogens is 490 g/mol. The highest BCUT2D eigenvalue weighted by atomic mass is 16.5. The van der Waals surface area contributed by atoms with Crippen LogP contribution in [0.1, 0.15) is 75.3 Å². The van der Waals surface area contributed by atoms with Gasteiger partial charge in [-0.3, -0.25) is 4.90 Å². The first-order valence-electron chi connectivity index (χ1n) is 13.7. The lowest BCUT2D eigenvalue weighted by Crippen LogP contribution is -2.40. The van der Waals surface area contributed by atoms with Crippen molar-refractivity contribution in [2.75, 3.05) is 19.1 Å². The minimum absolute atomic E-state index is 0.00399. The molecule has 0 aromatic heterocycles. The Morgan fingerprint density at radius 1 is 0.872 bits per heavy atom. The number of nitrogens with two attached hydrogens (primary N) is 1. The Morgan fingerprint density at radius 3 is 2.03 bits per heavy atom. The third kappa shape index (κ3) is 7.08. The number of nitriles is 1. The smallest absolute Gasteiger partial charge is 0.355 e. The molecule has 0 saturated heterocycles. The Kier molecular flexibility index (Phi) is 11.2. The highest BCUT2D eigenvalue weighted by Crippen LogP contribution is 2.43. The number of methoxy groups -OCH3 is 2. The maximum Gasteiger partial charge on any atom is 0.355 e. The van der Waals surface area contributed by atoms with Crippen LogP contribution in [0.4, 0.5) is 5.69 Å². The van der Waals surface area contributed by atoms with Crippen molar-refractivity contribution in [2.24, 2.45) is 5.73 Å². The van der Waals surface area contributed by atoms with Crippen molar-refractivity contribution in [1.29, 1.82) is 5.26 Å². The Hall–Kier alpha value is -4.05. The first kappa shape index (κ1) is 29.5. The highest BCUT2D eigenvalue weighted by Gasteiger charge is 2.42. The maximum atomic E-state index is 13.2. The molecule has 7 heteroatoms. The zero-order chi connectivity index (χ0) is 28.2. The average Bonchev–Trinajstić information content (AvgIpc) is 2.97. The largest absolute Gasteiger partial charge is 0.466 e. The summed E-state index contributed by atoms with van der Waals surface area (Å²) in [6, 6.07) is 18.8. The number of carbonyl (C=O) groups is 2. The molecule has 1 aliphatic rings. The molecule has 2 aromatic carbocycles. The predicted molar refractivity (Wildman–Crippen MR) is 152 cm³/mol. The van der Waals surface area contributed by atoms with E-state index in [4.69, 9.17) is 15.2 Å². The van der Waals surface area contributed by atoms with Gasteiger partial charge in [-0.25, -0.2) is 9.59 Å². The molecule has 0 bridgehead atoms. The van der Waals surface area contributed by atoms with Crippen molar-refractivity contribution in [3.05, 3.63) is 88.4 Å². The zero-order valence-electron chi connectivity index (χ0n) is 23.2. The number of nitrogens with zero attached hydrogens (tertiary/aromatic N) is 2. The minimum atomic E-state index is -0.879. The Bertz CT molecular complexity index is 1230. The van der Waals surface area contributed by atoms with Gasteiger partial charge in [-0.1, -0.05) is 94.3 Å². The van der Waals surface area contributed by atoms with Crippen LogP contribution >= 0.6 is 0 Å².